The van der Waals surface area contributed by atoms with Crippen molar-refractivity contribution in [2.75, 3.05) is 44.7 Å². The summed E-state index contributed by atoms with van der Waals surface area (Å²) in [4.78, 5) is 3.96. The van der Waals surface area contributed by atoms with E-state index in [-0.39, 0.29) is 5.02 Å². The summed E-state index contributed by atoms with van der Waals surface area (Å²) in [5.74, 6) is 0.410. The summed E-state index contributed by atoms with van der Waals surface area (Å²) in [6.07, 6.45) is -3.48. The molecule has 2 heterocycles. The van der Waals surface area contributed by atoms with E-state index in [0.29, 0.717) is 12.4 Å². The van der Waals surface area contributed by atoms with Gasteiger partial charge in [0.05, 0.1) is 18.8 Å². The predicted molar refractivity (Wildman–Crippen MR) is 67.9 cm³/mol. The van der Waals surface area contributed by atoms with E-state index in [0.717, 1.165) is 45.1 Å². The number of aromatic amines is 1. The first-order valence-corrected chi connectivity index (χ1v) is 6.78. The molecule has 0 unspecified atom stereocenters. The Hall–Kier alpha value is -1.05. The maximum absolute atomic E-state index is 12.5. The van der Waals surface area contributed by atoms with Gasteiger partial charge in [0.25, 0.3) is 5.82 Å². The lowest BCUT2D eigenvalue weighted by Gasteiger charge is -2.22. The van der Waals surface area contributed by atoms with Crippen molar-refractivity contribution < 1.29 is 27.8 Å². The van der Waals surface area contributed by atoms with Crippen molar-refractivity contribution in [2.24, 2.45) is 0 Å². The predicted octanol–water partition coefficient (Wildman–Crippen LogP) is 0.500. The molecule has 4 nitrogen and oxygen atoms in total. The molecule has 0 saturated carbocycles. The van der Waals surface area contributed by atoms with Crippen molar-refractivity contribution >= 4 is 17.4 Å². The maximum Gasteiger partial charge on any atom is 0.419 e. The van der Waals surface area contributed by atoms with Gasteiger partial charge >= 0.3 is 6.18 Å². The van der Waals surface area contributed by atoms with E-state index in [1.807, 2.05) is 0 Å². The van der Waals surface area contributed by atoms with Gasteiger partial charge in [0.15, 0.2) is 0 Å². The number of alkyl halides is 3. The van der Waals surface area contributed by atoms with Crippen LogP contribution >= 0.6 is 11.6 Å². The highest BCUT2D eigenvalue weighted by atomic mass is 35.5. The molecule has 112 valence electrons. The average Bonchev–Trinajstić information content (AvgIpc) is 2.40. The van der Waals surface area contributed by atoms with Gasteiger partial charge in [0.2, 0.25) is 0 Å². The third-order valence-corrected chi connectivity index (χ3v) is 3.50. The third-order valence-electron chi connectivity index (χ3n) is 3.20. The van der Waals surface area contributed by atoms with Crippen LogP contribution in [0.2, 0.25) is 5.02 Å². The fraction of sp³-hybridized carbons (Fsp3) is 0.583. The Kier molecular flexibility index (Phi) is 5.06. The molecule has 1 aliphatic rings. The van der Waals surface area contributed by atoms with Crippen LogP contribution < -0.4 is 15.2 Å². The molecule has 0 radical (unpaired) electrons. The molecule has 0 spiro atoms. The number of nitrogens with one attached hydrogen (secondary N) is 3. The van der Waals surface area contributed by atoms with E-state index in [1.54, 1.807) is 0 Å². The first-order valence-electron chi connectivity index (χ1n) is 6.40. The molecule has 0 atom stereocenters. The molecule has 0 aromatic carbocycles. The SMILES string of the molecule is FC(F)(F)c1c[nH+]c(NCC[NH+]2CCOCC2)c(Cl)c1. The van der Waals surface area contributed by atoms with Crippen LogP contribution in [0.1, 0.15) is 5.56 Å². The lowest BCUT2D eigenvalue weighted by atomic mass is 10.3. The third kappa shape index (κ3) is 4.22. The molecule has 2 rings (SSSR count). The average molecular weight is 312 g/mol. The zero-order chi connectivity index (χ0) is 14.6. The number of quaternary nitrogens is 1. The van der Waals surface area contributed by atoms with E-state index >= 15 is 0 Å². The summed E-state index contributed by atoms with van der Waals surface area (Å²) >= 11 is 5.84. The van der Waals surface area contributed by atoms with Gasteiger partial charge in [-0.1, -0.05) is 11.6 Å². The number of aromatic nitrogens is 1. The van der Waals surface area contributed by atoms with Gasteiger partial charge in [-0.2, -0.15) is 13.2 Å². The van der Waals surface area contributed by atoms with Gasteiger partial charge in [0.1, 0.15) is 37.4 Å². The molecule has 0 amide bonds. The zero-order valence-electron chi connectivity index (χ0n) is 10.8. The van der Waals surface area contributed by atoms with Crippen molar-refractivity contribution in [3.63, 3.8) is 0 Å². The van der Waals surface area contributed by atoms with Crippen molar-refractivity contribution in [2.45, 2.75) is 6.18 Å². The number of morpholine rings is 1. The second-order valence-corrected chi connectivity index (χ2v) is 5.06. The molecule has 8 heteroatoms. The molecule has 1 aliphatic heterocycles. The lowest BCUT2D eigenvalue weighted by molar-refractivity contribution is -0.906. The monoisotopic (exact) mass is 311 g/mol. The first kappa shape index (κ1) is 15.3. The van der Waals surface area contributed by atoms with Gasteiger partial charge in [-0.25, -0.2) is 4.98 Å². The summed E-state index contributed by atoms with van der Waals surface area (Å²) < 4.78 is 42.7. The molecule has 3 N–H and O–H groups in total. The van der Waals surface area contributed by atoms with Crippen LogP contribution in [0.5, 0.6) is 0 Å². The van der Waals surface area contributed by atoms with Crippen molar-refractivity contribution in [3.8, 4) is 0 Å². The highest BCUT2D eigenvalue weighted by Gasteiger charge is 2.32. The summed E-state index contributed by atoms with van der Waals surface area (Å²) in [6, 6.07) is 0.919. The van der Waals surface area contributed by atoms with E-state index in [4.69, 9.17) is 16.3 Å². The normalized spacial score (nSPS) is 17.2. The molecule has 1 aromatic heterocycles. The lowest BCUT2D eigenvalue weighted by Crippen LogP contribution is -3.14. The Bertz CT molecular complexity index is 450. The van der Waals surface area contributed by atoms with Crippen molar-refractivity contribution in [1.82, 2.24) is 0 Å². The molecule has 1 aromatic rings. The van der Waals surface area contributed by atoms with Crippen LogP contribution in [-0.2, 0) is 10.9 Å². The fourth-order valence-corrected chi connectivity index (χ4v) is 2.28. The van der Waals surface area contributed by atoms with Gasteiger partial charge in [-0.05, 0) is 6.07 Å². The molecule has 1 saturated heterocycles. The Morgan fingerprint density at radius 3 is 2.65 bits per heavy atom. The Morgan fingerprint density at radius 2 is 2.05 bits per heavy atom. The highest BCUT2D eigenvalue weighted by Crippen LogP contribution is 2.30. The molecule has 20 heavy (non-hydrogen) atoms. The number of rotatable bonds is 4. The van der Waals surface area contributed by atoms with Crippen molar-refractivity contribution in [1.29, 1.82) is 0 Å². The summed E-state index contributed by atoms with van der Waals surface area (Å²) in [5.41, 5.74) is -0.785. The maximum atomic E-state index is 12.5. The quantitative estimate of drug-likeness (QED) is 0.850. The molecule has 0 aliphatic carbocycles. The van der Waals surface area contributed by atoms with E-state index in [9.17, 15) is 13.2 Å². The smallest absolute Gasteiger partial charge is 0.370 e. The van der Waals surface area contributed by atoms with Gasteiger partial charge in [0, 0.05) is 0 Å². The van der Waals surface area contributed by atoms with Gasteiger partial charge in [-0.3, -0.25) is 5.32 Å². The second-order valence-electron chi connectivity index (χ2n) is 4.65. The summed E-state index contributed by atoms with van der Waals surface area (Å²) in [6.45, 7) is 4.91. The van der Waals surface area contributed by atoms with Crippen LogP contribution in [0.4, 0.5) is 19.0 Å². The van der Waals surface area contributed by atoms with Gasteiger partial charge < -0.3 is 9.64 Å². The van der Waals surface area contributed by atoms with Crippen LogP contribution in [-0.4, -0.2) is 39.4 Å². The number of halogens is 4. The molecular formula is C12H17ClF3N3O+2. The number of hydrogen-bond acceptors (Lipinski definition) is 2. The largest absolute Gasteiger partial charge is 0.419 e. The number of hydrogen-bond donors (Lipinski definition) is 2. The minimum atomic E-state index is -4.39. The summed E-state index contributed by atoms with van der Waals surface area (Å²) in [7, 11) is 0. The van der Waals surface area contributed by atoms with Crippen LogP contribution in [0.25, 0.3) is 0 Å². The van der Waals surface area contributed by atoms with Crippen LogP contribution in [0.3, 0.4) is 0 Å². The van der Waals surface area contributed by atoms with E-state index in [1.165, 1.54) is 4.90 Å². The van der Waals surface area contributed by atoms with Crippen molar-refractivity contribution in [3.05, 3.63) is 22.8 Å². The second kappa shape index (κ2) is 6.60. The van der Waals surface area contributed by atoms with Crippen LogP contribution in [0.15, 0.2) is 12.3 Å². The fourth-order valence-electron chi connectivity index (χ4n) is 2.04. The standard InChI is InChI=1S/C12H15ClF3N3O/c13-10-7-9(12(14,15)16)8-18-11(10)17-1-2-19-3-5-20-6-4-19/h7-8H,1-6H2,(H,17,18)/p+2. The Balaban J connectivity index is 1.86. The Morgan fingerprint density at radius 1 is 1.35 bits per heavy atom. The van der Waals surface area contributed by atoms with Gasteiger partial charge in [-0.15, -0.1) is 0 Å². The number of pyridine rings is 1. The minimum Gasteiger partial charge on any atom is -0.370 e. The molecular weight excluding hydrogens is 295 g/mol. The number of anilines is 1. The number of H-pyrrole nitrogens is 1. The number of ether oxygens (including phenoxy) is 1. The van der Waals surface area contributed by atoms with E-state index in [2.05, 4.69) is 10.3 Å². The van der Waals surface area contributed by atoms with Crippen LogP contribution in [0, 0.1) is 0 Å². The summed E-state index contributed by atoms with van der Waals surface area (Å²) in [5, 5.41) is 3.06. The zero-order valence-corrected chi connectivity index (χ0v) is 11.6. The topological polar surface area (TPSA) is 39.8 Å². The minimum absolute atomic E-state index is 0.0387. The first-order chi connectivity index (χ1) is 9.47. The Labute approximate surface area is 119 Å². The molecule has 1 fully saturated rings. The highest BCUT2D eigenvalue weighted by molar-refractivity contribution is 6.32. The molecule has 0 bridgehead atoms. The van der Waals surface area contributed by atoms with E-state index < -0.39 is 11.7 Å².